The highest BCUT2D eigenvalue weighted by molar-refractivity contribution is 6.13. The fourth-order valence-electron chi connectivity index (χ4n) is 4.62. The third kappa shape index (κ3) is 9.02. The number of carbonyl (C=O) groups excluding carboxylic acids is 4. The Bertz CT molecular complexity index is 1900. The molecule has 0 saturated heterocycles. The van der Waals surface area contributed by atoms with Crippen molar-refractivity contribution in [3.8, 4) is 35.1 Å². The minimum atomic E-state index is -1.55. The molecule has 0 heterocycles. The summed E-state index contributed by atoms with van der Waals surface area (Å²) in [4.78, 5) is 51.7. The summed E-state index contributed by atoms with van der Waals surface area (Å²) in [5.74, 6) is -3.12. The largest absolute Gasteiger partial charge is 0.507 e. The van der Waals surface area contributed by atoms with Crippen LogP contribution in [0.1, 0.15) is 71.4 Å². The molecule has 0 bridgehead atoms. The van der Waals surface area contributed by atoms with Crippen molar-refractivity contribution in [2.45, 2.75) is 50.6 Å². The number of ether oxygens (including phenoxy) is 2. The van der Waals surface area contributed by atoms with Gasteiger partial charge in [-0.3, -0.25) is 19.2 Å². The van der Waals surface area contributed by atoms with Gasteiger partial charge in [0.25, 0.3) is 0 Å². The van der Waals surface area contributed by atoms with Gasteiger partial charge in [0.1, 0.15) is 23.0 Å². The van der Waals surface area contributed by atoms with Crippen LogP contribution in [0, 0.1) is 22.7 Å². The fourth-order valence-corrected chi connectivity index (χ4v) is 4.62. The normalized spacial score (nSPS) is 13.2. The van der Waals surface area contributed by atoms with Crippen LogP contribution in [-0.2, 0) is 9.59 Å². The van der Waals surface area contributed by atoms with E-state index in [9.17, 15) is 39.9 Å². The van der Waals surface area contributed by atoms with Crippen LogP contribution in [0.3, 0.4) is 0 Å². The summed E-state index contributed by atoms with van der Waals surface area (Å²) in [6.45, 7) is 2.84. The summed E-state index contributed by atoms with van der Waals surface area (Å²) in [5, 5.41) is 48.0. The van der Waals surface area contributed by atoms with Gasteiger partial charge in [0.2, 0.25) is 0 Å². The summed E-state index contributed by atoms with van der Waals surface area (Å²) in [6, 6.07) is 28.0. The van der Waals surface area contributed by atoms with Crippen LogP contribution in [0.5, 0.6) is 23.0 Å². The van der Waals surface area contributed by atoms with E-state index in [2.05, 4.69) is 10.2 Å². The number of carbonyl (C=O) groups is 4. The van der Waals surface area contributed by atoms with Gasteiger partial charge < -0.3 is 19.7 Å². The lowest BCUT2D eigenvalue weighted by Crippen LogP contribution is -2.26. The third-order valence-electron chi connectivity index (χ3n) is 7.61. The van der Waals surface area contributed by atoms with Crippen molar-refractivity contribution >= 4 is 23.5 Å². The molecular formula is C38H32N4O8. The number of hydrogen-bond donors (Lipinski definition) is 2. The zero-order valence-corrected chi connectivity index (χ0v) is 27.2. The van der Waals surface area contributed by atoms with Crippen molar-refractivity contribution in [2.24, 2.45) is 10.2 Å². The number of nitrogens with zero attached hydrogens (tertiary/aromatic N) is 4. The quantitative estimate of drug-likeness (QED) is 0.0632. The van der Waals surface area contributed by atoms with E-state index < -0.39 is 34.6 Å². The van der Waals surface area contributed by atoms with E-state index in [1.54, 1.807) is 48.5 Å². The van der Waals surface area contributed by atoms with Gasteiger partial charge in [-0.25, -0.2) is 0 Å². The number of nitriles is 2. The van der Waals surface area contributed by atoms with E-state index in [1.165, 1.54) is 62.4 Å². The molecule has 0 radical (unpaired) electrons. The van der Waals surface area contributed by atoms with Crippen LogP contribution >= 0.6 is 0 Å². The predicted octanol–water partition coefficient (Wildman–Crippen LogP) is 6.65. The molecule has 2 unspecified atom stereocenters. The van der Waals surface area contributed by atoms with Gasteiger partial charge in [-0.15, -0.1) is 0 Å². The molecule has 12 nitrogen and oxygen atoms in total. The number of ketones is 2. The predicted molar refractivity (Wildman–Crippen MR) is 179 cm³/mol. The second-order valence-electron chi connectivity index (χ2n) is 11.6. The van der Waals surface area contributed by atoms with E-state index in [0.717, 1.165) is 0 Å². The number of phenolic OH excluding ortho intramolecular Hbond substituents is 2. The molecule has 0 aromatic heterocycles. The van der Waals surface area contributed by atoms with Crippen LogP contribution < -0.4 is 9.47 Å². The summed E-state index contributed by atoms with van der Waals surface area (Å²) in [5.41, 5.74) is -2.92. The van der Waals surface area contributed by atoms with Gasteiger partial charge in [0, 0.05) is 12.8 Å². The Morgan fingerprint density at radius 2 is 0.900 bits per heavy atom. The lowest BCUT2D eigenvalue weighted by Gasteiger charge is -2.19. The Morgan fingerprint density at radius 3 is 1.24 bits per heavy atom. The second-order valence-corrected chi connectivity index (χ2v) is 11.6. The molecule has 2 N–H and O–H groups in total. The van der Waals surface area contributed by atoms with Crippen LogP contribution in [-0.4, -0.2) is 44.8 Å². The molecular weight excluding hydrogens is 640 g/mol. The topological polar surface area (TPSA) is 199 Å². The van der Waals surface area contributed by atoms with Crippen molar-refractivity contribution in [3.05, 3.63) is 119 Å². The SMILES string of the molecule is CC(C#N)(CCC(=O)Oc1ccccc1C(=O)c1ccccc1O)/N=N/C(C)(C#N)CCC(=O)Oc1ccccc1C(=O)c1ccccc1O. The first-order chi connectivity index (χ1) is 23.9. The lowest BCUT2D eigenvalue weighted by molar-refractivity contribution is -0.135. The fraction of sp³-hybridized carbons (Fsp3) is 0.211. The maximum Gasteiger partial charge on any atom is 0.311 e. The van der Waals surface area contributed by atoms with Crippen LogP contribution in [0.25, 0.3) is 0 Å². The zero-order chi connectivity index (χ0) is 36.3. The molecule has 4 aromatic rings. The molecule has 4 aromatic carbocycles. The van der Waals surface area contributed by atoms with Crippen molar-refractivity contribution < 1.29 is 38.9 Å². The molecule has 0 fully saturated rings. The summed E-state index contributed by atoms with van der Waals surface area (Å²) in [6.07, 6.45) is -0.882. The third-order valence-corrected chi connectivity index (χ3v) is 7.61. The van der Waals surface area contributed by atoms with Crippen molar-refractivity contribution in [1.82, 2.24) is 0 Å². The standard InChI is InChI=1S/C38H32N4O8/c1-37(23-39,21-19-33(45)49-31-17-9-5-13-27(31)35(47)25-11-3-7-15-29(25)43)41-42-38(2,24-40)22-20-34(46)50-32-18-10-6-14-28(32)36(48)26-12-4-8-16-30(26)44/h3-18,43-44H,19-22H2,1-2H3/b42-41+. The number of esters is 2. The molecule has 50 heavy (non-hydrogen) atoms. The van der Waals surface area contributed by atoms with Gasteiger partial charge >= 0.3 is 11.9 Å². The number of aromatic hydroxyl groups is 2. The van der Waals surface area contributed by atoms with Gasteiger partial charge in [0.05, 0.1) is 34.4 Å². The zero-order valence-electron chi connectivity index (χ0n) is 27.2. The Hall–Kier alpha value is -6.66. The number of hydrogen-bond acceptors (Lipinski definition) is 12. The molecule has 0 amide bonds. The van der Waals surface area contributed by atoms with Crippen LogP contribution in [0.4, 0.5) is 0 Å². The van der Waals surface area contributed by atoms with Crippen molar-refractivity contribution in [3.63, 3.8) is 0 Å². The molecule has 0 aliphatic rings. The lowest BCUT2D eigenvalue weighted by atomic mass is 9.97. The summed E-state index contributed by atoms with van der Waals surface area (Å²) < 4.78 is 10.9. The Labute approximate surface area is 287 Å². The first-order valence-electron chi connectivity index (χ1n) is 15.4. The van der Waals surface area contributed by atoms with Crippen LogP contribution in [0.15, 0.2) is 107 Å². The second kappa shape index (κ2) is 16.0. The number of benzene rings is 4. The van der Waals surface area contributed by atoms with E-state index >= 15 is 0 Å². The minimum absolute atomic E-state index is 0.0276. The Morgan fingerprint density at radius 1 is 0.580 bits per heavy atom. The van der Waals surface area contributed by atoms with Crippen molar-refractivity contribution in [2.75, 3.05) is 0 Å². The van der Waals surface area contributed by atoms with E-state index in [-0.39, 0.29) is 70.9 Å². The molecule has 0 aliphatic carbocycles. The average molecular weight is 673 g/mol. The smallest absolute Gasteiger partial charge is 0.311 e. The Kier molecular flexibility index (Phi) is 11.5. The maximum atomic E-state index is 13.0. The van der Waals surface area contributed by atoms with Gasteiger partial charge in [-0.1, -0.05) is 48.5 Å². The molecule has 12 heteroatoms. The maximum absolute atomic E-state index is 13.0. The monoisotopic (exact) mass is 672 g/mol. The highest BCUT2D eigenvalue weighted by atomic mass is 16.5. The first kappa shape index (κ1) is 36.2. The van der Waals surface area contributed by atoms with E-state index in [4.69, 9.17) is 9.47 Å². The molecule has 4 rings (SSSR count). The van der Waals surface area contributed by atoms with Gasteiger partial charge in [-0.2, -0.15) is 20.8 Å². The molecule has 0 saturated carbocycles. The minimum Gasteiger partial charge on any atom is -0.507 e. The molecule has 0 spiro atoms. The number of phenols is 2. The highest BCUT2D eigenvalue weighted by Crippen LogP contribution is 2.29. The summed E-state index contributed by atoms with van der Waals surface area (Å²) in [7, 11) is 0. The first-order valence-corrected chi connectivity index (χ1v) is 15.4. The molecule has 0 aliphatic heterocycles. The van der Waals surface area contributed by atoms with Gasteiger partial charge in [0.15, 0.2) is 22.6 Å². The van der Waals surface area contributed by atoms with E-state index in [0.29, 0.717) is 0 Å². The highest BCUT2D eigenvalue weighted by Gasteiger charge is 2.31. The Balaban J connectivity index is 1.37. The van der Waals surface area contributed by atoms with Gasteiger partial charge in [-0.05, 0) is 75.2 Å². The van der Waals surface area contributed by atoms with Crippen molar-refractivity contribution in [1.29, 1.82) is 10.5 Å². The number of rotatable bonds is 14. The molecule has 2 atom stereocenters. The van der Waals surface area contributed by atoms with Crippen LogP contribution in [0.2, 0.25) is 0 Å². The average Bonchev–Trinajstić information content (AvgIpc) is 3.12. The molecule has 252 valence electrons. The summed E-state index contributed by atoms with van der Waals surface area (Å²) >= 11 is 0. The van der Waals surface area contributed by atoms with E-state index in [1.807, 2.05) is 12.1 Å². The number of azo groups is 1. The number of para-hydroxylation sites is 4.